The maximum absolute atomic E-state index is 12.7. The molecule has 0 aromatic heterocycles. The summed E-state index contributed by atoms with van der Waals surface area (Å²) in [5.41, 5.74) is 2.75. The van der Waals surface area contributed by atoms with Crippen LogP contribution in [0.4, 0.5) is 0 Å². The van der Waals surface area contributed by atoms with Gasteiger partial charge in [-0.15, -0.1) is 0 Å². The lowest BCUT2D eigenvalue weighted by Crippen LogP contribution is -2.29. The number of carbonyl (C=O) groups excluding carboxylic acids is 3. The van der Waals surface area contributed by atoms with Crippen LogP contribution in [0.25, 0.3) is 0 Å². The van der Waals surface area contributed by atoms with Crippen molar-refractivity contribution in [2.45, 2.75) is 25.4 Å². The number of hydrogen-bond acceptors (Lipinski definition) is 5. The van der Waals surface area contributed by atoms with E-state index in [4.69, 9.17) is 4.74 Å². The summed E-state index contributed by atoms with van der Waals surface area (Å²) in [6, 6.07) is 14.6. The highest BCUT2D eigenvalue weighted by atomic mass is 16.5. The molecule has 1 aliphatic heterocycles. The van der Waals surface area contributed by atoms with Crippen LogP contribution >= 0.6 is 0 Å². The molecular formula is C22H23NO5. The van der Waals surface area contributed by atoms with Gasteiger partial charge in [-0.2, -0.15) is 0 Å². The third kappa shape index (κ3) is 4.39. The van der Waals surface area contributed by atoms with Crippen molar-refractivity contribution >= 4 is 17.8 Å². The van der Waals surface area contributed by atoms with Gasteiger partial charge >= 0.3 is 11.9 Å². The van der Waals surface area contributed by atoms with Crippen LogP contribution in [0.3, 0.4) is 0 Å². The van der Waals surface area contributed by atoms with Gasteiger partial charge in [0.2, 0.25) is 0 Å². The first-order valence-corrected chi connectivity index (χ1v) is 9.20. The minimum Gasteiger partial charge on any atom is -0.469 e. The number of fused-ring (bicyclic) bond motifs is 1. The van der Waals surface area contributed by atoms with Crippen molar-refractivity contribution in [3.8, 4) is 0 Å². The monoisotopic (exact) mass is 381 g/mol. The number of rotatable bonds is 6. The highest BCUT2D eigenvalue weighted by molar-refractivity contribution is 5.97. The Kier molecular flexibility index (Phi) is 6.09. The molecule has 3 rings (SSSR count). The summed E-state index contributed by atoms with van der Waals surface area (Å²) in [5, 5.41) is 0. The molecule has 1 atom stereocenters. The fourth-order valence-corrected chi connectivity index (χ4v) is 3.27. The van der Waals surface area contributed by atoms with Crippen molar-refractivity contribution in [3.05, 3.63) is 70.8 Å². The van der Waals surface area contributed by atoms with E-state index < -0.39 is 0 Å². The van der Waals surface area contributed by atoms with E-state index in [-0.39, 0.29) is 30.4 Å². The van der Waals surface area contributed by atoms with Crippen LogP contribution < -0.4 is 0 Å². The highest BCUT2D eigenvalue weighted by Crippen LogP contribution is 2.31. The molecule has 0 saturated heterocycles. The molecule has 0 radical (unpaired) electrons. The van der Waals surface area contributed by atoms with Crippen LogP contribution in [-0.4, -0.2) is 43.4 Å². The van der Waals surface area contributed by atoms with Gasteiger partial charge in [0.15, 0.2) is 0 Å². The fourth-order valence-electron chi connectivity index (χ4n) is 3.27. The number of benzene rings is 2. The Morgan fingerprint density at radius 3 is 2.64 bits per heavy atom. The second-order valence-electron chi connectivity index (χ2n) is 6.79. The maximum atomic E-state index is 12.7. The van der Waals surface area contributed by atoms with Crippen molar-refractivity contribution in [2.75, 3.05) is 20.7 Å². The summed E-state index contributed by atoms with van der Waals surface area (Å²) in [7, 11) is 3.04. The summed E-state index contributed by atoms with van der Waals surface area (Å²) in [6.45, 7) is 0.444. The Hall–Kier alpha value is -3.15. The first kappa shape index (κ1) is 19.6. The molecule has 0 bridgehead atoms. The highest BCUT2D eigenvalue weighted by Gasteiger charge is 2.28. The zero-order chi connectivity index (χ0) is 20.1. The van der Waals surface area contributed by atoms with Gasteiger partial charge in [-0.25, -0.2) is 4.79 Å². The van der Waals surface area contributed by atoms with E-state index in [0.29, 0.717) is 30.5 Å². The summed E-state index contributed by atoms with van der Waals surface area (Å²) in [6.07, 6.45) is 0.966. The Bertz CT molecular complexity index is 878. The van der Waals surface area contributed by atoms with E-state index in [1.807, 2.05) is 30.3 Å². The second-order valence-corrected chi connectivity index (χ2v) is 6.79. The molecule has 1 aliphatic rings. The van der Waals surface area contributed by atoms with Gasteiger partial charge in [0, 0.05) is 32.0 Å². The van der Waals surface area contributed by atoms with Gasteiger partial charge in [0.25, 0.3) is 5.91 Å². The number of amides is 1. The third-order valence-electron chi connectivity index (χ3n) is 4.85. The summed E-state index contributed by atoms with van der Waals surface area (Å²) in [4.78, 5) is 37.8. The summed E-state index contributed by atoms with van der Waals surface area (Å²) < 4.78 is 10.2. The Morgan fingerprint density at radius 1 is 1.18 bits per heavy atom. The smallest absolute Gasteiger partial charge is 0.339 e. The number of methoxy groups -OCH3 is 1. The molecule has 146 valence electrons. The quantitative estimate of drug-likeness (QED) is 0.719. The van der Waals surface area contributed by atoms with E-state index in [0.717, 1.165) is 11.1 Å². The molecule has 0 fully saturated rings. The minimum atomic E-state index is -0.375. The minimum absolute atomic E-state index is 0.150. The van der Waals surface area contributed by atoms with E-state index in [1.165, 1.54) is 7.11 Å². The van der Waals surface area contributed by atoms with Crippen molar-refractivity contribution in [3.63, 3.8) is 0 Å². The van der Waals surface area contributed by atoms with Gasteiger partial charge in [0.05, 0.1) is 12.7 Å². The maximum Gasteiger partial charge on any atom is 0.339 e. The Morgan fingerprint density at radius 2 is 1.93 bits per heavy atom. The van der Waals surface area contributed by atoms with Crippen LogP contribution in [0.1, 0.15) is 50.8 Å². The molecule has 0 aliphatic carbocycles. The van der Waals surface area contributed by atoms with Crippen LogP contribution in [0.15, 0.2) is 48.5 Å². The van der Waals surface area contributed by atoms with Crippen molar-refractivity contribution in [1.29, 1.82) is 0 Å². The molecular weight excluding hydrogens is 358 g/mol. The van der Waals surface area contributed by atoms with Crippen molar-refractivity contribution in [1.82, 2.24) is 4.90 Å². The van der Waals surface area contributed by atoms with Crippen LogP contribution in [-0.2, 0) is 20.7 Å². The standard InChI is InChI=1S/C22H23NO5/c1-23(12-6-9-20(24)27-2)21(25)16-10-11-18-17(13-16)14-19(28-22(18)26)15-7-4-3-5-8-15/h3-5,7-8,10-11,13,19H,6,9,12,14H2,1-2H3/t19-/m1/s1. The molecule has 0 N–H and O–H groups in total. The predicted octanol–water partition coefficient (Wildman–Crippen LogP) is 3.17. The summed E-state index contributed by atoms with van der Waals surface area (Å²) in [5.74, 6) is -0.816. The molecule has 0 unspecified atom stereocenters. The lowest BCUT2D eigenvalue weighted by molar-refractivity contribution is -0.140. The lowest BCUT2D eigenvalue weighted by atomic mass is 9.93. The van der Waals surface area contributed by atoms with Gasteiger partial charge in [-0.05, 0) is 35.7 Å². The first-order valence-electron chi connectivity index (χ1n) is 9.20. The number of cyclic esters (lactones) is 1. The second kappa shape index (κ2) is 8.69. The number of esters is 2. The Balaban J connectivity index is 1.72. The number of ether oxygens (including phenoxy) is 2. The topological polar surface area (TPSA) is 72.9 Å². The molecule has 2 aromatic rings. The lowest BCUT2D eigenvalue weighted by Gasteiger charge is -2.26. The van der Waals surface area contributed by atoms with Gasteiger partial charge in [-0.3, -0.25) is 9.59 Å². The molecule has 28 heavy (non-hydrogen) atoms. The summed E-state index contributed by atoms with van der Waals surface area (Å²) >= 11 is 0. The van der Waals surface area contributed by atoms with Crippen molar-refractivity contribution in [2.24, 2.45) is 0 Å². The number of carbonyl (C=O) groups is 3. The number of hydrogen-bond donors (Lipinski definition) is 0. The van der Waals surface area contributed by atoms with Crippen LogP contribution in [0, 0.1) is 0 Å². The molecule has 2 aromatic carbocycles. The van der Waals surface area contributed by atoms with Crippen LogP contribution in [0.5, 0.6) is 0 Å². The molecule has 6 heteroatoms. The van der Waals surface area contributed by atoms with Crippen molar-refractivity contribution < 1.29 is 23.9 Å². The zero-order valence-electron chi connectivity index (χ0n) is 16.0. The normalized spacial score (nSPS) is 15.4. The Labute approximate surface area is 164 Å². The van der Waals surface area contributed by atoms with Gasteiger partial charge in [-0.1, -0.05) is 30.3 Å². The molecule has 1 heterocycles. The number of nitrogens with zero attached hydrogens (tertiary/aromatic N) is 1. The molecule has 6 nitrogen and oxygen atoms in total. The van der Waals surface area contributed by atoms with E-state index in [1.54, 1.807) is 30.1 Å². The van der Waals surface area contributed by atoms with Gasteiger partial charge in [0.1, 0.15) is 6.10 Å². The predicted molar refractivity (Wildman–Crippen MR) is 103 cm³/mol. The van der Waals surface area contributed by atoms with Gasteiger partial charge < -0.3 is 14.4 Å². The third-order valence-corrected chi connectivity index (χ3v) is 4.85. The SMILES string of the molecule is COC(=O)CCCN(C)C(=O)c1ccc2c(c1)C[C@H](c1ccccc1)OC2=O. The molecule has 0 saturated carbocycles. The zero-order valence-corrected chi connectivity index (χ0v) is 16.0. The molecule has 0 spiro atoms. The average Bonchev–Trinajstić information content (AvgIpc) is 2.73. The largest absolute Gasteiger partial charge is 0.469 e. The van der Waals surface area contributed by atoms with E-state index in [9.17, 15) is 14.4 Å². The first-order chi connectivity index (χ1) is 13.5. The van der Waals surface area contributed by atoms with Crippen LogP contribution in [0.2, 0.25) is 0 Å². The van der Waals surface area contributed by atoms with E-state index in [2.05, 4.69) is 4.74 Å². The average molecular weight is 381 g/mol. The fraction of sp³-hybridized carbons (Fsp3) is 0.318. The molecule has 1 amide bonds. The van der Waals surface area contributed by atoms with E-state index >= 15 is 0 Å².